The number of thiocarbonyl (C=S) groups is 1. The van der Waals surface area contributed by atoms with E-state index in [1.54, 1.807) is 13.8 Å². The standard InChI is InChI=1S/C13H18N2O2S/c1-13(2,17-3)12(16)15-8-9-4-6-10(7-5-9)11(14)18/h4-7H,8H2,1-3H3,(H2,14,18)(H,15,16). The van der Waals surface area contributed by atoms with Crippen molar-refractivity contribution in [2.24, 2.45) is 5.73 Å². The van der Waals surface area contributed by atoms with Crippen LogP contribution in [0.4, 0.5) is 0 Å². The van der Waals surface area contributed by atoms with Crippen LogP contribution in [0.15, 0.2) is 24.3 Å². The van der Waals surface area contributed by atoms with Gasteiger partial charge >= 0.3 is 0 Å². The Morgan fingerprint density at radius 2 is 1.94 bits per heavy atom. The molecule has 0 aromatic heterocycles. The van der Waals surface area contributed by atoms with E-state index in [1.807, 2.05) is 24.3 Å². The number of nitrogens with two attached hydrogens (primary N) is 1. The minimum Gasteiger partial charge on any atom is -0.389 e. The first-order chi connectivity index (χ1) is 8.36. The topological polar surface area (TPSA) is 64.3 Å². The summed E-state index contributed by atoms with van der Waals surface area (Å²) >= 11 is 4.87. The third kappa shape index (κ3) is 3.78. The lowest BCUT2D eigenvalue weighted by Gasteiger charge is -2.21. The number of methoxy groups -OCH3 is 1. The van der Waals surface area contributed by atoms with Gasteiger partial charge in [-0.05, 0) is 19.4 Å². The Morgan fingerprint density at radius 3 is 2.39 bits per heavy atom. The van der Waals surface area contributed by atoms with E-state index < -0.39 is 5.60 Å². The first-order valence-electron chi connectivity index (χ1n) is 5.59. The number of amides is 1. The Hall–Kier alpha value is -1.46. The molecule has 0 aliphatic heterocycles. The molecule has 3 N–H and O–H groups in total. The van der Waals surface area contributed by atoms with Gasteiger partial charge in [0, 0.05) is 19.2 Å². The predicted molar refractivity (Wildman–Crippen MR) is 75.3 cm³/mol. The van der Waals surface area contributed by atoms with Crippen LogP contribution in [0.2, 0.25) is 0 Å². The van der Waals surface area contributed by atoms with Gasteiger partial charge in [-0.15, -0.1) is 0 Å². The molecule has 1 aromatic carbocycles. The highest BCUT2D eigenvalue weighted by Gasteiger charge is 2.26. The van der Waals surface area contributed by atoms with Crippen LogP contribution in [0.1, 0.15) is 25.0 Å². The molecule has 0 unspecified atom stereocenters. The molecule has 0 aliphatic rings. The zero-order chi connectivity index (χ0) is 13.8. The molecule has 0 radical (unpaired) electrons. The molecular formula is C13H18N2O2S. The van der Waals surface area contributed by atoms with Crippen molar-refractivity contribution in [1.29, 1.82) is 0 Å². The smallest absolute Gasteiger partial charge is 0.251 e. The van der Waals surface area contributed by atoms with E-state index in [4.69, 9.17) is 22.7 Å². The van der Waals surface area contributed by atoms with Gasteiger partial charge in [-0.3, -0.25) is 4.79 Å². The van der Waals surface area contributed by atoms with E-state index in [1.165, 1.54) is 7.11 Å². The van der Waals surface area contributed by atoms with Gasteiger partial charge in [-0.25, -0.2) is 0 Å². The monoisotopic (exact) mass is 266 g/mol. The lowest BCUT2D eigenvalue weighted by molar-refractivity contribution is -0.139. The number of nitrogens with one attached hydrogen (secondary N) is 1. The van der Waals surface area contributed by atoms with E-state index in [0.717, 1.165) is 11.1 Å². The normalized spacial score (nSPS) is 11.1. The molecule has 0 heterocycles. The third-order valence-electron chi connectivity index (χ3n) is 2.75. The summed E-state index contributed by atoms with van der Waals surface area (Å²) in [7, 11) is 1.51. The molecular weight excluding hydrogens is 248 g/mol. The first kappa shape index (κ1) is 14.6. The number of carbonyl (C=O) groups excluding carboxylic acids is 1. The van der Waals surface area contributed by atoms with E-state index in [0.29, 0.717) is 11.5 Å². The lowest BCUT2D eigenvalue weighted by Crippen LogP contribution is -2.43. The second kappa shape index (κ2) is 5.93. The van der Waals surface area contributed by atoms with Crippen molar-refractivity contribution in [3.8, 4) is 0 Å². The van der Waals surface area contributed by atoms with Crippen LogP contribution >= 0.6 is 12.2 Å². The van der Waals surface area contributed by atoms with E-state index in [-0.39, 0.29) is 5.91 Å². The molecule has 4 nitrogen and oxygen atoms in total. The summed E-state index contributed by atoms with van der Waals surface area (Å²) in [5, 5.41) is 2.81. The number of hydrogen-bond acceptors (Lipinski definition) is 3. The van der Waals surface area contributed by atoms with Crippen molar-refractivity contribution >= 4 is 23.1 Å². The Kier molecular flexibility index (Phi) is 4.81. The Bertz CT molecular complexity index is 441. The third-order valence-corrected chi connectivity index (χ3v) is 2.98. The van der Waals surface area contributed by atoms with Gasteiger partial charge in [-0.1, -0.05) is 36.5 Å². The summed E-state index contributed by atoms with van der Waals surface area (Å²) in [5.41, 5.74) is 6.48. The van der Waals surface area contributed by atoms with Crippen molar-refractivity contribution in [1.82, 2.24) is 5.32 Å². The molecule has 0 spiro atoms. The summed E-state index contributed by atoms with van der Waals surface area (Å²) in [6.45, 7) is 3.89. The van der Waals surface area contributed by atoms with Crippen molar-refractivity contribution in [3.63, 3.8) is 0 Å². The van der Waals surface area contributed by atoms with Crippen LogP contribution in [-0.2, 0) is 16.1 Å². The molecule has 18 heavy (non-hydrogen) atoms. The van der Waals surface area contributed by atoms with Gasteiger partial charge in [0.25, 0.3) is 5.91 Å². The van der Waals surface area contributed by atoms with Gasteiger partial charge < -0.3 is 15.8 Å². The molecule has 0 saturated heterocycles. The summed E-state index contributed by atoms with van der Waals surface area (Å²) in [4.78, 5) is 12.1. The van der Waals surface area contributed by atoms with Gasteiger partial charge in [-0.2, -0.15) is 0 Å². The van der Waals surface area contributed by atoms with Crippen molar-refractivity contribution < 1.29 is 9.53 Å². The average Bonchev–Trinajstić information content (AvgIpc) is 2.36. The first-order valence-corrected chi connectivity index (χ1v) is 6.00. The second-order valence-corrected chi connectivity index (χ2v) is 4.90. The van der Waals surface area contributed by atoms with Gasteiger partial charge in [0.2, 0.25) is 0 Å². The molecule has 0 atom stereocenters. The summed E-state index contributed by atoms with van der Waals surface area (Å²) in [6, 6.07) is 7.44. The fourth-order valence-electron chi connectivity index (χ4n) is 1.27. The van der Waals surface area contributed by atoms with Crippen LogP contribution in [0.5, 0.6) is 0 Å². The van der Waals surface area contributed by atoms with Crippen LogP contribution in [-0.4, -0.2) is 23.6 Å². The van der Waals surface area contributed by atoms with Gasteiger partial charge in [0.05, 0.1) is 0 Å². The molecule has 5 heteroatoms. The van der Waals surface area contributed by atoms with Crippen LogP contribution in [0, 0.1) is 0 Å². The fraction of sp³-hybridized carbons (Fsp3) is 0.385. The quantitative estimate of drug-likeness (QED) is 0.790. The van der Waals surface area contributed by atoms with Gasteiger partial charge in [0.15, 0.2) is 0 Å². The summed E-state index contributed by atoms with van der Waals surface area (Å²) in [6.07, 6.45) is 0. The van der Waals surface area contributed by atoms with Crippen LogP contribution < -0.4 is 11.1 Å². The van der Waals surface area contributed by atoms with Crippen LogP contribution in [0.3, 0.4) is 0 Å². The van der Waals surface area contributed by atoms with E-state index >= 15 is 0 Å². The number of benzene rings is 1. The minimum atomic E-state index is -0.821. The van der Waals surface area contributed by atoms with E-state index in [2.05, 4.69) is 5.32 Å². The maximum Gasteiger partial charge on any atom is 0.251 e. The number of ether oxygens (including phenoxy) is 1. The van der Waals surface area contributed by atoms with Gasteiger partial charge in [0.1, 0.15) is 10.6 Å². The van der Waals surface area contributed by atoms with E-state index in [9.17, 15) is 4.79 Å². The number of carbonyl (C=O) groups is 1. The highest BCUT2D eigenvalue weighted by Crippen LogP contribution is 2.08. The number of hydrogen-bond donors (Lipinski definition) is 2. The predicted octanol–water partition coefficient (Wildman–Crippen LogP) is 1.36. The molecule has 0 fully saturated rings. The van der Waals surface area contributed by atoms with Crippen molar-refractivity contribution in [3.05, 3.63) is 35.4 Å². The Labute approximate surface area is 113 Å². The van der Waals surface area contributed by atoms with Crippen LogP contribution in [0.25, 0.3) is 0 Å². The Morgan fingerprint density at radius 1 is 1.39 bits per heavy atom. The Balaban J connectivity index is 2.59. The molecule has 98 valence electrons. The molecule has 0 aliphatic carbocycles. The highest BCUT2D eigenvalue weighted by atomic mass is 32.1. The van der Waals surface area contributed by atoms with Crippen molar-refractivity contribution in [2.45, 2.75) is 26.0 Å². The zero-order valence-corrected chi connectivity index (χ0v) is 11.6. The highest BCUT2D eigenvalue weighted by molar-refractivity contribution is 7.80. The zero-order valence-electron chi connectivity index (χ0n) is 10.8. The van der Waals surface area contributed by atoms with Crippen molar-refractivity contribution in [2.75, 3.05) is 7.11 Å². The number of rotatable bonds is 5. The lowest BCUT2D eigenvalue weighted by atomic mass is 10.1. The molecule has 1 amide bonds. The molecule has 0 saturated carbocycles. The minimum absolute atomic E-state index is 0.150. The SMILES string of the molecule is COC(C)(C)C(=O)NCc1ccc(C(N)=S)cc1. The molecule has 0 bridgehead atoms. The maximum absolute atomic E-state index is 11.8. The second-order valence-electron chi connectivity index (χ2n) is 4.46. The summed E-state index contributed by atoms with van der Waals surface area (Å²) in [5.74, 6) is -0.150. The largest absolute Gasteiger partial charge is 0.389 e. The summed E-state index contributed by atoms with van der Waals surface area (Å²) < 4.78 is 5.09. The molecule has 1 rings (SSSR count). The molecule has 1 aromatic rings. The fourth-order valence-corrected chi connectivity index (χ4v) is 1.41. The maximum atomic E-state index is 11.8. The average molecular weight is 266 g/mol.